The van der Waals surface area contributed by atoms with Gasteiger partial charge in [0.2, 0.25) is 5.91 Å². The van der Waals surface area contributed by atoms with E-state index in [2.05, 4.69) is 5.32 Å². The van der Waals surface area contributed by atoms with Crippen LogP contribution in [0.5, 0.6) is 0 Å². The molecular formula is C17H28N4O5. The highest BCUT2D eigenvalue weighted by atomic mass is 16.6. The molecule has 4 amide bonds. The highest BCUT2D eigenvalue weighted by Crippen LogP contribution is 2.30. The number of ether oxygens (including phenoxy) is 1. The molecule has 9 heteroatoms. The molecule has 0 unspecified atom stereocenters. The lowest BCUT2D eigenvalue weighted by molar-refractivity contribution is -0.128. The summed E-state index contributed by atoms with van der Waals surface area (Å²) in [7, 11) is 0. The maximum Gasteiger partial charge on any atom is 0.410 e. The molecule has 0 radical (unpaired) electrons. The number of likely N-dealkylation sites (tertiary alicyclic amines) is 1. The third-order valence-electron chi connectivity index (χ3n) is 5.10. The van der Waals surface area contributed by atoms with Gasteiger partial charge in [-0.2, -0.15) is 0 Å². The molecule has 0 aromatic rings. The predicted molar refractivity (Wildman–Crippen MR) is 91.5 cm³/mol. The lowest BCUT2D eigenvalue weighted by Gasteiger charge is -2.29. The van der Waals surface area contributed by atoms with E-state index in [-0.39, 0.29) is 24.1 Å². The van der Waals surface area contributed by atoms with E-state index in [4.69, 9.17) is 4.74 Å². The highest BCUT2D eigenvalue weighted by molar-refractivity contribution is 5.89. The Kier molecular flexibility index (Phi) is 5.01. The normalized spacial score (nSPS) is 29.0. The van der Waals surface area contributed by atoms with Crippen molar-refractivity contribution in [3.8, 4) is 0 Å². The van der Waals surface area contributed by atoms with Gasteiger partial charge in [0, 0.05) is 32.1 Å². The fraction of sp³-hybridized carbons (Fsp3) is 0.824. The van der Waals surface area contributed by atoms with Gasteiger partial charge in [-0.05, 0) is 40.0 Å². The van der Waals surface area contributed by atoms with Crippen LogP contribution in [0.3, 0.4) is 0 Å². The number of fused-ring (bicyclic) bond motifs is 2. The maximum atomic E-state index is 12.6. The van der Waals surface area contributed by atoms with Gasteiger partial charge in [-0.25, -0.2) is 14.7 Å². The Morgan fingerprint density at radius 2 is 1.96 bits per heavy atom. The van der Waals surface area contributed by atoms with Crippen molar-refractivity contribution in [1.29, 1.82) is 0 Å². The molecule has 0 aromatic heterocycles. The number of amides is 4. The maximum absolute atomic E-state index is 12.6. The summed E-state index contributed by atoms with van der Waals surface area (Å²) in [4.78, 5) is 39.7. The minimum absolute atomic E-state index is 0.0319. The number of hydrogen-bond acceptors (Lipinski definition) is 5. The van der Waals surface area contributed by atoms with Crippen LogP contribution in [-0.4, -0.2) is 81.5 Å². The Morgan fingerprint density at radius 1 is 1.23 bits per heavy atom. The van der Waals surface area contributed by atoms with Gasteiger partial charge in [-0.3, -0.25) is 10.0 Å². The molecule has 0 aromatic carbocycles. The number of nitrogens with one attached hydrogen (secondary N) is 1. The molecule has 2 N–H and O–H groups in total. The topological polar surface area (TPSA) is 102 Å². The number of hydrogen-bond donors (Lipinski definition) is 2. The summed E-state index contributed by atoms with van der Waals surface area (Å²) < 4.78 is 5.41. The molecule has 3 heterocycles. The first-order valence-electron chi connectivity index (χ1n) is 9.23. The van der Waals surface area contributed by atoms with Gasteiger partial charge in [0.25, 0.3) is 0 Å². The van der Waals surface area contributed by atoms with Gasteiger partial charge in [-0.1, -0.05) is 0 Å². The Bertz CT molecular complexity index is 590. The van der Waals surface area contributed by atoms with Crippen LogP contribution < -0.4 is 5.32 Å². The van der Waals surface area contributed by atoms with Crippen LogP contribution in [0.4, 0.5) is 9.59 Å². The van der Waals surface area contributed by atoms with Crippen molar-refractivity contribution in [1.82, 2.24) is 20.2 Å². The van der Waals surface area contributed by atoms with Crippen LogP contribution in [0.1, 0.15) is 46.5 Å². The van der Waals surface area contributed by atoms with Gasteiger partial charge in [0.15, 0.2) is 0 Å². The van der Waals surface area contributed by atoms with Crippen LogP contribution in [-0.2, 0) is 9.53 Å². The molecule has 3 saturated heterocycles. The van der Waals surface area contributed by atoms with Crippen LogP contribution in [0.15, 0.2) is 0 Å². The number of carbonyl (C=O) groups is 3. The van der Waals surface area contributed by atoms with Crippen LogP contribution in [0.2, 0.25) is 0 Å². The molecule has 3 aliphatic heterocycles. The molecule has 146 valence electrons. The zero-order valence-corrected chi connectivity index (χ0v) is 15.6. The second-order valence-corrected chi connectivity index (χ2v) is 8.29. The molecular weight excluding hydrogens is 340 g/mol. The molecule has 2 bridgehead atoms. The second kappa shape index (κ2) is 6.94. The van der Waals surface area contributed by atoms with E-state index < -0.39 is 17.7 Å². The second-order valence-electron chi connectivity index (χ2n) is 8.29. The zero-order chi connectivity index (χ0) is 19.1. The molecule has 9 nitrogen and oxygen atoms in total. The summed E-state index contributed by atoms with van der Waals surface area (Å²) >= 11 is 0. The van der Waals surface area contributed by atoms with Gasteiger partial charge in [0.05, 0.1) is 6.04 Å². The van der Waals surface area contributed by atoms with Gasteiger partial charge >= 0.3 is 12.1 Å². The monoisotopic (exact) mass is 368 g/mol. The summed E-state index contributed by atoms with van der Waals surface area (Å²) in [5, 5.41) is 13.3. The average Bonchev–Trinajstić information content (AvgIpc) is 2.99. The summed E-state index contributed by atoms with van der Waals surface area (Å²) in [5.74, 6) is -0.176. The Labute approximate surface area is 153 Å². The van der Waals surface area contributed by atoms with Crippen molar-refractivity contribution in [2.75, 3.05) is 19.6 Å². The molecule has 3 aliphatic rings. The van der Waals surface area contributed by atoms with Crippen molar-refractivity contribution in [3.63, 3.8) is 0 Å². The molecule has 26 heavy (non-hydrogen) atoms. The van der Waals surface area contributed by atoms with Gasteiger partial charge in [0.1, 0.15) is 11.6 Å². The number of urea groups is 1. The van der Waals surface area contributed by atoms with E-state index in [0.29, 0.717) is 37.5 Å². The minimum Gasteiger partial charge on any atom is -0.444 e. The standard InChI is InChI=1S/C17H28N4O5/c1-17(2,3)26-16(24)19-7-4-5-11(6-8-19)18-14(22)13-9-12-10-20(13)15(23)21(12)25/h11-13,25H,4-10H2,1-3H3,(H,18,22)/t11-,12+,13-/m0/s1. The summed E-state index contributed by atoms with van der Waals surface area (Å²) in [6, 6.07) is -1.34. The van der Waals surface area contributed by atoms with Gasteiger partial charge < -0.3 is 19.9 Å². The fourth-order valence-electron chi connectivity index (χ4n) is 3.79. The van der Waals surface area contributed by atoms with Crippen molar-refractivity contribution in [3.05, 3.63) is 0 Å². The SMILES string of the molecule is CC(C)(C)OC(=O)N1CCC[C@H](NC(=O)[C@@H]2C[C@@H]3CN2C(=O)N3O)CC1. The van der Waals surface area contributed by atoms with Crippen molar-refractivity contribution >= 4 is 18.0 Å². The smallest absolute Gasteiger partial charge is 0.410 e. The van der Waals surface area contributed by atoms with E-state index in [1.807, 2.05) is 20.8 Å². The molecule has 3 rings (SSSR count). The summed E-state index contributed by atoms with van der Waals surface area (Å²) in [6.07, 6.45) is 2.34. The van der Waals surface area contributed by atoms with Crippen molar-refractivity contribution in [2.45, 2.75) is 70.2 Å². The first kappa shape index (κ1) is 18.8. The summed E-state index contributed by atoms with van der Waals surface area (Å²) in [6.45, 7) is 7.04. The van der Waals surface area contributed by atoms with Gasteiger partial charge in [-0.15, -0.1) is 0 Å². The minimum atomic E-state index is -0.527. The fourth-order valence-corrected chi connectivity index (χ4v) is 3.79. The van der Waals surface area contributed by atoms with E-state index in [1.165, 1.54) is 4.90 Å². The molecule has 0 saturated carbocycles. The number of carbonyl (C=O) groups excluding carboxylic acids is 3. The Balaban J connectivity index is 1.50. The molecule has 3 fully saturated rings. The third-order valence-corrected chi connectivity index (χ3v) is 5.10. The van der Waals surface area contributed by atoms with E-state index in [0.717, 1.165) is 12.8 Å². The van der Waals surface area contributed by atoms with Crippen LogP contribution in [0.25, 0.3) is 0 Å². The van der Waals surface area contributed by atoms with E-state index in [1.54, 1.807) is 4.90 Å². The average molecular weight is 368 g/mol. The molecule has 0 spiro atoms. The van der Waals surface area contributed by atoms with Crippen LogP contribution >= 0.6 is 0 Å². The zero-order valence-electron chi connectivity index (χ0n) is 15.6. The third kappa shape index (κ3) is 3.87. The van der Waals surface area contributed by atoms with E-state index >= 15 is 0 Å². The number of nitrogens with zero attached hydrogens (tertiary/aromatic N) is 3. The summed E-state index contributed by atoms with van der Waals surface area (Å²) in [5.41, 5.74) is -0.527. The highest BCUT2D eigenvalue weighted by Gasteiger charge is 2.51. The predicted octanol–water partition coefficient (Wildman–Crippen LogP) is 1.16. The quantitative estimate of drug-likeness (QED) is 0.712. The lowest BCUT2D eigenvalue weighted by atomic mass is 10.1. The first-order chi connectivity index (χ1) is 12.2. The molecule has 0 aliphatic carbocycles. The van der Waals surface area contributed by atoms with Crippen LogP contribution in [0, 0.1) is 0 Å². The largest absolute Gasteiger partial charge is 0.444 e. The number of hydroxylamine groups is 2. The van der Waals surface area contributed by atoms with Crippen molar-refractivity contribution in [2.24, 2.45) is 0 Å². The Morgan fingerprint density at radius 3 is 2.58 bits per heavy atom. The van der Waals surface area contributed by atoms with E-state index in [9.17, 15) is 19.6 Å². The first-order valence-corrected chi connectivity index (χ1v) is 9.23. The van der Waals surface area contributed by atoms with Crippen molar-refractivity contribution < 1.29 is 24.3 Å². The lowest BCUT2D eigenvalue weighted by Crippen LogP contribution is -2.52. The Hall–Kier alpha value is -2.03. The molecule has 3 atom stereocenters. The number of rotatable bonds is 2.